The fraction of sp³-hybridized carbons (Fsp3) is 0.294. The van der Waals surface area contributed by atoms with E-state index in [-0.39, 0.29) is 0 Å². The second kappa shape index (κ2) is 7.20. The van der Waals surface area contributed by atoms with Crippen LogP contribution in [0.2, 0.25) is 5.02 Å². The molecule has 0 amide bonds. The van der Waals surface area contributed by atoms with Crippen LogP contribution >= 0.6 is 11.6 Å². The number of hydrogen-bond donors (Lipinski definition) is 1. The Morgan fingerprint density at radius 2 is 1.80 bits per heavy atom. The highest BCUT2D eigenvalue weighted by Crippen LogP contribution is 2.26. The first-order valence-corrected chi connectivity index (χ1v) is 7.43. The van der Waals surface area contributed by atoms with Crippen LogP contribution in [0.4, 0.5) is 11.4 Å². The average Bonchev–Trinajstić information content (AvgIpc) is 2.47. The molecule has 20 heavy (non-hydrogen) atoms. The quantitative estimate of drug-likeness (QED) is 0.779. The first-order chi connectivity index (χ1) is 9.72. The number of unbranched alkanes of at least 4 members (excludes halogenated alkanes) is 1. The molecule has 2 nitrogen and oxygen atoms in total. The molecule has 0 radical (unpaired) electrons. The molecular formula is C17H21ClN2. The Morgan fingerprint density at radius 1 is 1.05 bits per heavy atom. The van der Waals surface area contributed by atoms with Crippen LogP contribution in [0, 0.1) is 0 Å². The first-order valence-electron chi connectivity index (χ1n) is 7.05. The normalized spacial score (nSPS) is 10.5. The summed E-state index contributed by atoms with van der Waals surface area (Å²) in [7, 11) is 0. The Balaban J connectivity index is 2.24. The summed E-state index contributed by atoms with van der Waals surface area (Å²) < 4.78 is 0. The van der Waals surface area contributed by atoms with Crippen molar-refractivity contribution in [1.82, 2.24) is 0 Å². The molecule has 0 aliphatic rings. The van der Waals surface area contributed by atoms with Crippen molar-refractivity contribution in [3.63, 3.8) is 0 Å². The van der Waals surface area contributed by atoms with Crippen LogP contribution in [0.1, 0.15) is 25.3 Å². The molecule has 0 heterocycles. The zero-order chi connectivity index (χ0) is 14.4. The van der Waals surface area contributed by atoms with E-state index in [1.165, 1.54) is 12.1 Å². The Labute approximate surface area is 126 Å². The maximum atomic E-state index is 6.29. The number of halogens is 1. The lowest BCUT2D eigenvalue weighted by Crippen LogP contribution is -2.24. The lowest BCUT2D eigenvalue weighted by molar-refractivity contribution is 0.717. The number of nitrogens with two attached hydrogens (primary N) is 1. The predicted octanol–water partition coefficient (Wildman–Crippen LogP) is 4.73. The highest BCUT2D eigenvalue weighted by Gasteiger charge is 2.11. The lowest BCUT2D eigenvalue weighted by Gasteiger charge is -2.26. The molecule has 3 heteroatoms. The SMILES string of the molecule is CCCCN(Cc1c(N)cccc1Cl)c1ccccc1. The Hall–Kier alpha value is -1.67. The van der Waals surface area contributed by atoms with Crippen LogP contribution in [-0.4, -0.2) is 6.54 Å². The van der Waals surface area contributed by atoms with E-state index in [1.54, 1.807) is 0 Å². The van der Waals surface area contributed by atoms with Crippen LogP contribution in [-0.2, 0) is 6.54 Å². The second-order valence-electron chi connectivity index (χ2n) is 4.92. The monoisotopic (exact) mass is 288 g/mol. The number of nitrogens with zero attached hydrogens (tertiary/aromatic N) is 1. The second-order valence-corrected chi connectivity index (χ2v) is 5.33. The van der Waals surface area contributed by atoms with Crippen LogP contribution in [0.15, 0.2) is 48.5 Å². The van der Waals surface area contributed by atoms with Gasteiger partial charge in [0.15, 0.2) is 0 Å². The van der Waals surface area contributed by atoms with Gasteiger partial charge in [0.05, 0.1) is 0 Å². The number of benzene rings is 2. The molecule has 0 saturated heterocycles. The molecule has 2 N–H and O–H groups in total. The summed E-state index contributed by atoms with van der Waals surface area (Å²) in [6.45, 7) is 3.95. The summed E-state index contributed by atoms with van der Waals surface area (Å²) in [5.74, 6) is 0. The highest BCUT2D eigenvalue weighted by molar-refractivity contribution is 6.31. The van der Waals surface area contributed by atoms with Crippen LogP contribution in [0.3, 0.4) is 0 Å². The van der Waals surface area contributed by atoms with Crippen molar-refractivity contribution in [3.8, 4) is 0 Å². The molecule has 0 bridgehead atoms. The molecule has 0 aliphatic heterocycles. The van der Waals surface area contributed by atoms with Crippen molar-refractivity contribution in [2.75, 3.05) is 17.2 Å². The van der Waals surface area contributed by atoms with E-state index < -0.39 is 0 Å². The third-order valence-corrected chi connectivity index (χ3v) is 3.76. The summed E-state index contributed by atoms with van der Waals surface area (Å²) in [6.07, 6.45) is 2.32. The van der Waals surface area contributed by atoms with E-state index in [1.807, 2.05) is 24.3 Å². The van der Waals surface area contributed by atoms with Crippen molar-refractivity contribution in [2.24, 2.45) is 0 Å². The van der Waals surface area contributed by atoms with Crippen LogP contribution < -0.4 is 10.6 Å². The van der Waals surface area contributed by atoms with E-state index in [0.717, 1.165) is 35.8 Å². The molecule has 0 aromatic heterocycles. The number of anilines is 2. The fourth-order valence-electron chi connectivity index (χ4n) is 2.22. The van der Waals surface area contributed by atoms with Crippen molar-refractivity contribution >= 4 is 23.0 Å². The topological polar surface area (TPSA) is 29.3 Å². The number of para-hydroxylation sites is 1. The van der Waals surface area contributed by atoms with Crippen molar-refractivity contribution in [1.29, 1.82) is 0 Å². The maximum Gasteiger partial charge on any atom is 0.0476 e. The molecule has 0 fully saturated rings. The number of hydrogen-bond acceptors (Lipinski definition) is 2. The summed E-state index contributed by atoms with van der Waals surface area (Å²) in [5.41, 5.74) is 9.04. The predicted molar refractivity (Wildman–Crippen MR) is 88.3 cm³/mol. The van der Waals surface area contributed by atoms with Gasteiger partial charge in [0, 0.05) is 35.1 Å². The first kappa shape index (κ1) is 14.7. The van der Waals surface area contributed by atoms with Gasteiger partial charge in [0.2, 0.25) is 0 Å². The van der Waals surface area contributed by atoms with Gasteiger partial charge >= 0.3 is 0 Å². The van der Waals surface area contributed by atoms with Gasteiger partial charge in [-0.05, 0) is 30.7 Å². The van der Waals surface area contributed by atoms with Crippen LogP contribution in [0.25, 0.3) is 0 Å². The van der Waals surface area contributed by atoms with Gasteiger partial charge in [-0.15, -0.1) is 0 Å². The summed E-state index contributed by atoms with van der Waals surface area (Å²) in [6, 6.07) is 16.1. The molecule has 2 aromatic rings. The largest absolute Gasteiger partial charge is 0.398 e. The van der Waals surface area contributed by atoms with Crippen LogP contribution in [0.5, 0.6) is 0 Å². The van der Waals surface area contributed by atoms with Gasteiger partial charge in [-0.25, -0.2) is 0 Å². The van der Waals surface area contributed by atoms with Crippen molar-refractivity contribution in [2.45, 2.75) is 26.3 Å². The average molecular weight is 289 g/mol. The fourth-order valence-corrected chi connectivity index (χ4v) is 2.46. The standard InChI is InChI=1S/C17H21ClN2/c1-2-3-12-20(14-8-5-4-6-9-14)13-15-16(18)10-7-11-17(15)19/h4-11H,2-3,12-13,19H2,1H3. The molecular weight excluding hydrogens is 268 g/mol. The van der Waals surface area contributed by atoms with Crippen molar-refractivity contribution in [3.05, 3.63) is 59.1 Å². The summed E-state index contributed by atoms with van der Waals surface area (Å²) in [4.78, 5) is 2.33. The van der Waals surface area contributed by atoms with Gasteiger partial charge in [0.1, 0.15) is 0 Å². The van der Waals surface area contributed by atoms with Gasteiger partial charge in [-0.2, -0.15) is 0 Å². The molecule has 0 aliphatic carbocycles. The minimum absolute atomic E-state index is 0.738. The minimum atomic E-state index is 0.738. The van der Waals surface area contributed by atoms with Crippen molar-refractivity contribution < 1.29 is 0 Å². The van der Waals surface area contributed by atoms with Gasteiger partial charge in [0.25, 0.3) is 0 Å². The lowest BCUT2D eigenvalue weighted by atomic mass is 10.1. The summed E-state index contributed by atoms with van der Waals surface area (Å²) in [5, 5.41) is 0.738. The van der Waals surface area contributed by atoms with Gasteiger partial charge in [-0.1, -0.05) is 49.2 Å². The number of rotatable bonds is 6. The summed E-state index contributed by atoms with van der Waals surface area (Å²) >= 11 is 6.29. The third kappa shape index (κ3) is 3.67. The van der Waals surface area contributed by atoms with E-state index in [2.05, 4.69) is 36.1 Å². The van der Waals surface area contributed by atoms with E-state index in [9.17, 15) is 0 Å². The van der Waals surface area contributed by atoms with E-state index in [4.69, 9.17) is 17.3 Å². The zero-order valence-corrected chi connectivity index (χ0v) is 12.6. The van der Waals surface area contributed by atoms with E-state index >= 15 is 0 Å². The third-order valence-electron chi connectivity index (χ3n) is 3.41. The van der Waals surface area contributed by atoms with Gasteiger partial charge < -0.3 is 10.6 Å². The Bertz CT molecular complexity index is 520. The Kier molecular flexibility index (Phi) is 5.31. The molecule has 2 aromatic carbocycles. The molecule has 0 spiro atoms. The molecule has 0 unspecified atom stereocenters. The van der Waals surface area contributed by atoms with Gasteiger partial charge in [-0.3, -0.25) is 0 Å². The maximum absolute atomic E-state index is 6.29. The molecule has 106 valence electrons. The zero-order valence-electron chi connectivity index (χ0n) is 11.8. The number of nitrogen functional groups attached to an aromatic ring is 1. The smallest absolute Gasteiger partial charge is 0.0476 e. The highest BCUT2D eigenvalue weighted by atomic mass is 35.5. The molecule has 0 atom stereocenters. The molecule has 2 rings (SSSR count). The molecule has 0 saturated carbocycles. The Morgan fingerprint density at radius 3 is 2.45 bits per heavy atom. The van der Waals surface area contributed by atoms with E-state index in [0.29, 0.717) is 0 Å². The minimum Gasteiger partial charge on any atom is -0.398 e.